The Morgan fingerprint density at radius 1 is 0.929 bits per heavy atom. The molecule has 0 aliphatic carbocycles. The summed E-state index contributed by atoms with van der Waals surface area (Å²) in [6, 6.07) is 0. The first-order valence-electron chi connectivity index (χ1n) is 3.09. The third kappa shape index (κ3) is 2.41. The number of carboxylic acids is 3. The Balaban J connectivity index is -0.000000605. The van der Waals surface area contributed by atoms with Gasteiger partial charge in [0.05, 0.1) is 0 Å². The molecule has 0 aromatic rings. The van der Waals surface area contributed by atoms with Gasteiger partial charge in [-0.15, -0.1) is 0 Å². The second-order valence-electron chi connectivity index (χ2n) is 2.17. The van der Waals surface area contributed by atoms with E-state index in [1.165, 1.54) is 6.92 Å². The lowest BCUT2D eigenvalue weighted by atomic mass is 9.85. The molecule has 0 bridgehead atoms. The van der Waals surface area contributed by atoms with E-state index >= 15 is 0 Å². The molecule has 14 heavy (non-hydrogen) atoms. The minimum atomic E-state index is -2.71. The number of carboxylic acid groups (broad SMARTS) is 3. The minimum absolute atomic E-state index is 0. The van der Waals surface area contributed by atoms with Crippen LogP contribution in [-0.2, 0) is 14.4 Å². The molecule has 8 nitrogen and oxygen atoms in total. The molecule has 84 valence electrons. The number of hydrogen-bond acceptors (Lipinski definition) is 3. The van der Waals surface area contributed by atoms with Crippen molar-refractivity contribution in [1.82, 2.24) is 0 Å². The minimum Gasteiger partial charge on any atom is -0.480 e. The van der Waals surface area contributed by atoms with Gasteiger partial charge in [-0.2, -0.15) is 0 Å². The van der Waals surface area contributed by atoms with Gasteiger partial charge in [-0.05, 0) is 6.42 Å². The van der Waals surface area contributed by atoms with Crippen LogP contribution in [0.5, 0.6) is 0 Å². The van der Waals surface area contributed by atoms with Crippen molar-refractivity contribution < 1.29 is 40.7 Å². The zero-order valence-corrected chi connectivity index (χ0v) is 7.27. The maximum Gasteiger partial charge on any atom is 0.332 e. The predicted octanol–water partition coefficient (Wildman–Crippen LogP) is -2.01. The highest BCUT2D eigenvalue weighted by Gasteiger charge is 2.52. The average molecular weight is 212 g/mol. The smallest absolute Gasteiger partial charge is 0.332 e. The van der Waals surface area contributed by atoms with Crippen LogP contribution in [0.3, 0.4) is 0 Å². The Morgan fingerprint density at radius 3 is 1.14 bits per heavy atom. The topological polar surface area (TPSA) is 175 Å². The first-order chi connectivity index (χ1) is 5.39. The van der Waals surface area contributed by atoms with Crippen LogP contribution < -0.4 is 0 Å². The van der Waals surface area contributed by atoms with Crippen molar-refractivity contribution >= 4 is 17.9 Å². The molecule has 7 N–H and O–H groups in total. The number of rotatable bonds is 4. The summed E-state index contributed by atoms with van der Waals surface area (Å²) in [6.07, 6.45) is -0.493. The number of hydrogen-bond donors (Lipinski definition) is 3. The molecule has 0 saturated heterocycles. The lowest BCUT2D eigenvalue weighted by Crippen LogP contribution is -2.45. The fourth-order valence-corrected chi connectivity index (χ4v) is 0.728. The highest BCUT2D eigenvalue weighted by Crippen LogP contribution is 2.22. The molecular weight excluding hydrogens is 200 g/mol. The zero-order chi connectivity index (χ0) is 9.94. The third-order valence-electron chi connectivity index (χ3n) is 1.63. The quantitative estimate of drug-likeness (QED) is 0.453. The Labute approximate surface area is 78.4 Å². The van der Waals surface area contributed by atoms with Gasteiger partial charge in [0, 0.05) is 0 Å². The normalized spacial score (nSPS) is 9.21. The van der Waals surface area contributed by atoms with E-state index < -0.39 is 29.7 Å². The van der Waals surface area contributed by atoms with Crippen molar-refractivity contribution in [3.63, 3.8) is 0 Å². The van der Waals surface area contributed by atoms with Crippen molar-refractivity contribution in [2.75, 3.05) is 0 Å². The van der Waals surface area contributed by atoms with Gasteiger partial charge in [0.2, 0.25) is 0 Å². The van der Waals surface area contributed by atoms with Crippen LogP contribution in [0.2, 0.25) is 0 Å². The fourth-order valence-electron chi connectivity index (χ4n) is 0.728. The van der Waals surface area contributed by atoms with Crippen molar-refractivity contribution in [2.24, 2.45) is 5.41 Å². The molecule has 0 unspecified atom stereocenters. The van der Waals surface area contributed by atoms with Crippen LogP contribution >= 0.6 is 0 Å². The van der Waals surface area contributed by atoms with E-state index in [0.29, 0.717) is 0 Å². The van der Waals surface area contributed by atoms with Gasteiger partial charge in [0.15, 0.2) is 0 Å². The summed E-state index contributed by atoms with van der Waals surface area (Å²) in [5.41, 5.74) is -2.71. The van der Waals surface area contributed by atoms with Crippen molar-refractivity contribution in [3.05, 3.63) is 0 Å². The molecular formula is C6H12O8. The van der Waals surface area contributed by atoms with Gasteiger partial charge in [0.1, 0.15) is 0 Å². The number of aliphatic carboxylic acids is 3. The van der Waals surface area contributed by atoms with Crippen LogP contribution in [-0.4, -0.2) is 44.2 Å². The van der Waals surface area contributed by atoms with Crippen LogP contribution in [0.25, 0.3) is 0 Å². The van der Waals surface area contributed by atoms with Crippen molar-refractivity contribution in [3.8, 4) is 0 Å². The second kappa shape index (κ2) is 5.89. The van der Waals surface area contributed by atoms with E-state index in [1.807, 2.05) is 0 Å². The van der Waals surface area contributed by atoms with E-state index in [4.69, 9.17) is 15.3 Å². The zero-order valence-electron chi connectivity index (χ0n) is 7.27. The Morgan fingerprint density at radius 2 is 1.14 bits per heavy atom. The summed E-state index contributed by atoms with van der Waals surface area (Å²) in [5, 5.41) is 25.2. The molecule has 0 fully saturated rings. The van der Waals surface area contributed by atoms with Crippen molar-refractivity contribution in [1.29, 1.82) is 0 Å². The third-order valence-corrected chi connectivity index (χ3v) is 1.63. The largest absolute Gasteiger partial charge is 0.480 e. The summed E-state index contributed by atoms with van der Waals surface area (Å²) < 4.78 is 0. The molecule has 0 amide bonds. The molecule has 0 aromatic carbocycles. The summed E-state index contributed by atoms with van der Waals surface area (Å²) in [7, 11) is 0. The molecule has 0 aliphatic rings. The molecule has 0 aromatic heterocycles. The van der Waals surface area contributed by atoms with Crippen LogP contribution in [0, 0.1) is 5.41 Å². The molecule has 0 aliphatic heterocycles. The molecule has 0 rings (SSSR count). The Hall–Kier alpha value is -1.67. The van der Waals surface area contributed by atoms with E-state index in [0.717, 1.165) is 0 Å². The summed E-state index contributed by atoms with van der Waals surface area (Å²) in [4.78, 5) is 31.1. The monoisotopic (exact) mass is 212 g/mol. The summed E-state index contributed by atoms with van der Waals surface area (Å²) >= 11 is 0. The number of carbonyl (C=O) groups is 3. The Kier molecular flexibility index (Phi) is 7.65. The van der Waals surface area contributed by atoms with Crippen LogP contribution in [0.4, 0.5) is 0 Å². The van der Waals surface area contributed by atoms with Crippen LogP contribution in [0.15, 0.2) is 0 Å². The van der Waals surface area contributed by atoms with E-state index in [9.17, 15) is 14.4 Å². The first kappa shape index (κ1) is 18.2. The Bertz CT molecular complexity index is 196. The molecule has 0 saturated carbocycles. The van der Waals surface area contributed by atoms with Gasteiger partial charge in [0.25, 0.3) is 5.41 Å². The maximum absolute atomic E-state index is 10.4. The summed E-state index contributed by atoms with van der Waals surface area (Å²) in [5.74, 6) is -5.57. The van der Waals surface area contributed by atoms with Gasteiger partial charge >= 0.3 is 17.9 Å². The summed E-state index contributed by atoms with van der Waals surface area (Å²) in [6.45, 7) is 1.19. The van der Waals surface area contributed by atoms with Gasteiger partial charge in [-0.3, -0.25) is 14.4 Å². The molecule has 8 heteroatoms. The first-order valence-corrected chi connectivity index (χ1v) is 3.09. The van der Waals surface area contributed by atoms with Crippen molar-refractivity contribution in [2.45, 2.75) is 13.3 Å². The molecule has 0 radical (unpaired) electrons. The lowest BCUT2D eigenvalue weighted by Gasteiger charge is -2.16. The second-order valence-corrected chi connectivity index (χ2v) is 2.17. The van der Waals surface area contributed by atoms with E-state index in [-0.39, 0.29) is 11.0 Å². The SMILES string of the molecule is CCC(C(=O)O)(C(=O)O)C(=O)O.O.O. The maximum atomic E-state index is 10.4. The van der Waals surface area contributed by atoms with E-state index in [2.05, 4.69) is 0 Å². The average Bonchev–Trinajstić information content (AvgIpc) is 1.86. The molecule has 0 spiro atoms. The predicted molar refractivity (Wildman–Crippen MR) is 42.9 cm³/mol. The van der Waals surface area contributed by atoms with Gasteiger partial charge in [-0.25, -0.2) is 0 Å². The van der Waals surface area contributed by atoms with E-state index in [1.54, 1.807) is 0 Å². The van der Waals surface area contributed by atoms with Crippen LogP contribution in [0.1, 0.15) is 13.3 Å². The van der Waals surface area contributed by atoms with Gasteiger partial charge < -0.3 is 26.3 Å². The fraction of sp³-hybridized carbons (Fsp3) is 0.500. The molecule has 0 heterocycles. The lowest BCUT2D eigenvalue weighted by molar-refractivity contribution is -0.175. The van der Waals surface area contributed by atoms with Gasteiger partial charge in [-0.1, -0.05) is 6.92 Å². The highest BCUT2D eigenvalue weighted by molar-refractivity contribution is 6.16. The standard InChI is InChI=1S/C6H8O6.2H2O/c1-2-6(3(7)8,4(9)10)5(11)12;;/h2H2,1H3,(H,7,8)(H,9,10)(H,11,12);2*1H2. The highest BCUT2D eigenvalue weighted by atomic mass is 16.4. The molecule has 0 atom stereocenters.